The molecule has 27 heavy (non-hydrogen) atoms. The Kier molecular flexibility index (Phi) is 10.5. The molecule has 0 spiro atoms. The van der Waals surface area contributed by atoms with Crippen LogP contribution in [0.5, 0.6) is 5.75 Å². The number of carbonyl (C=O) groups is 1. The number of nitrogens with zero attached hydrogens (tertiary/aromatic N) is 3. The van der Waals surface area contributed by atoms with Crippen molar-refractivity contribution in [1.82, 2.24) is 15.1 Å². The van der Waals surface area contributed by atoms with E-state index in [-0.39, 0.29) is 42.5 Å². The number of halogens is 1. The molecule has 0 bridgehead atoms. The smallest absolute Gasteiger partial charge is 0.243 e. The van der Waals surface area contributed by atoms with Crippen LogP contribution in [0.25, 0.3) is 0 Å². The number of carbonyl (C=O) groups excluding carboxylic acids is 1. The molecule has 152 valence electrons. The topological polar surface area (TPSA) is 57.2 Å². The lowest BCUT2D eigenvalue weighted by Crippen LogP contribution is -2.48. The molecule has 0 atom stereocenters. The van der Waals surface area contributed by atoms with E-state index in [1.165, 1.54) is 0 Å². The van der Waals surface area contributed by atoms with E-state index in [0.717, 1.165) is 44.2 Å². The number of ether oxygens (including phenoxy) is 1. The fourth-order valence-corrected chi connectivity index (χ4v) is 2.72. The summed E-state index contributed by atoms with van der Waals surface area (Å²) in [5.74, 6) is 2.28. The van der Waals surface area contributed by atoms with Gasteiger partial charge in [0.05, 0.1) is 0 Å². The first kappa shape index (κ1) is 23.5. The summed E-state index contributed by atoms with van der Waals surface area (Å²) in [6.07, 6.45) is 2.11. The summed E-state index contributed by atoms with van der Waals surface area (Å²) >= 11 is 0. The highest BCUT2D eigenvalue weighted by atomic mass is 127. The zero-order valence-corrected chi connectivity index (χ0v) is 19.2. The number of para-hydroxylation sites is 1. The van der Waals surface area contributed by atoms with Gasteiger partial charge in [0.15, 0.2) is 5.96 Å². The summed E-state index contributed by atoms with van der Waals surface area (Å²) in [4.78, 5) is 20.2. The number of piperidine rings is 1. The summed E-state index contributed by atoms with van der Waals surface area (Å²) in [6.45, 7) is 7.09. The van der Waals surface area contributed by atoms with Gasteiger partial charge in [-0.1, -0.05) is 32.0 Å². The molecule has 1 saturated heterocycles. The molecule has 1 aliphatic rings. The van der Waals surface area contributed by atoms with Crippen molar-refractivity contribution < 1.29 is 9.53 Å². The highest BCUT2D eigenvalue weighted by Crippen LogP contribution is 2.18. The standard InChI is InChI=1S/C20H32N4O2.HI/c1-16(2)14-21-20(22-15-19(25)23(3)4)24-12-10-18(11-13-24)26-17-8-6-5-7-9-17;/h5-9,16,18H,10-15H2,1-4H3,(H,21,22);1H. The molecule has 0 unspecified atom stereocenters. The first-order valence-corrected chi connectivity index (χ1v) is 9.41. The van der Waals surface area contributed by atoms with Crippen LogP contribution < -0.4 is 10.1 Å². The van der Waals surface area contributed by atoms with Gasteiger partial charge in [0.1, 0.15) is 18.4 Å². The predicted octanol–water partition coefficient (Wildman–Crippen LogP) is 2.84. The Morgan fingerprint density at radius 3 is 2.44 bits per heavy atom. The Bertz CT molecular complexity index is 585. The van der Waals surface area contributed by atoms with Crippen LogP contribution in [0.3, 0.4) is 0 Å². The van der Waals surface area contributed by atoms with Crippen molar-refractivity contribution in [2.24, 2.45) is 10.9 Å². The number of hydrogen-bond acceptors (Lipinski definition) is 3. The van der Waals surface area contributed by atoms with Crippen LogP contribution in [-0.4, -0.2) is 68.0 Å². The van der Waals surface area contributed by atoms with Gasteiger partial charge in [0.25, 0.3) is 0 Å². The van der Waals surface area contributed by atoms with Crippen molar-refractivity contribution in [2.45, 2.75) is 32.8 Å². The highest BCUT2D eigenvalue weighted by molar-refractivity contribution is 14.0. The Labute approximate surface area is 180 Å². The lowest BCUT2D eigenvalue weighted by Gasteiger charge is -2.34. The van der Waals surface area contributed by atoms with Gasteiger partial charge in [-0.25, -0.2) is 4.99 Å². The number of nitrogens with one attached hydrogen (secondary N) is 1. The summed E-state index contributed by atoms with van der Waals surface area (Å²) < 4.78 is 6.06. The lowest BCUT2D eigenvalue weighted by molar-refractivity contribution is -0.127. The molecule has 0 aliphatic carbocycles. The van der Waals surface area contributed by atoms with Crippen molar-refractivity contribution in [3.05, 3.63) is 30.3 Å². The fourth-order valence-electron chi connectivity index (χ4n) is 2.72. The molecular formula is C20H33IN4O2. The number of likely N-dealkylation sites (N-methyl/N-ethyl adjacent to an activating group) is 1. The largest absolute Gasteiger partial charge is 0.490 e. The minimum atomic E-state index is 0. The second-order valence-corrected chi connectivity index (χ2v) is 7.32. The van der Waals surface area contributed by atoms with Gasteiger partial charge >= 0.3 is 0 Å². The zero-order chi connectivity index (χ0) is 18.9. The Hall–Kier alpha value is -1.51. The van der Waals surface area contributed by atoms with E-state index in [2.05, 4.69) is 29.1 Å². The molecule has 1 heterocycles. The van der Waals surface area contributed by atoms with Crippen LogP contribution in [-0.2, 0) is 4.79 Å². The highest BCUT2D eigenvalue weighted by Gasteiger charge is 2.23. The molecule has 0 radical (unpaired) electrons. The van der Waals surface area contributed by atoms with Gasteiger partial charge < -0.3 is 19.9 Å². The van der Waals surface area contributed by atoms with Gasteiger partial charge in [-0.3, -0.25) is 4.79 Å². The van der Waals surface area contributed by atoms with Crippen molar-refractivity contribution >= 4 is 35.8 Å². The number of amides is 1. The normalized spacial score (nSPS) is 15.3. The number of guanidine groups is 1. The molecule has 7 heteroatoms. The molecule has 1 aromatic rings. The average molecular weight is 488 g/mol. The quantitative estimate of drug-likeness (QED) is 0.380. The third-order valence-electron chi connectivity index (χ3n) is 4.32. The van der Waals surface area contributed by atoms with Crippen LogP contribution in [0.4, 0.5) is 0 Å². The van der Waals surface area contributed by atoms with Crippen molar-refractivity contribution in [3.8, 4) is 5.75 Å². The Balaban J connectivity index is 0.00000364. The maximum atomic E-state index is 11.9. The zero-order valence-electron chi connectivity index (χ0n) is 16.9. The SMILES string of the molecule is CC(C)CNC(=NCC(=O)N(C)C)N1CCC(Oc2ccccc2)CC1.I. The van der Waals surface area contributed by atoms with Crippen LogP contribution in [0.15, 0.2) is 35.3 Å². The molecule has 1 N–H and O–H groups in total. The third-order valence-corrected chi connectivity index (χ3v) is 4.32. The van der Waals surface area contributed by atoms with Gasteiger partial charge in [0, 0.05) is 46.6 Å². The van der Waals surface area contributed by atoms with Crippen LogP contribution in [0.1, 0.15) is 26.7 Å². The molecule has 0 saturated carbocycles. The first-order valence-electron chi connectivity index (χ1n) is 9.41. The lowest BCUT2D eigenvalue weighted by atomic mass is 10.1. The number of aliphatic imine (C=N–C) groups is 1. The minimum Gasteiger partial charge on any atom is -0.490 e. The fraction of sp³-hybridized carbons (Fsp3) is 0.600. The molecule has 1 amide bonds. The van der Waals surface area contributed by atoms with Gasteiger partial charge in [-0.2, -0.15) is 0 Å². The van der Waals surface area contributed by atoms with Crippen LogP contribution >= 0.6 is 24.0 Å². The third kappa shape index (κ3) is 8.36. The Morgan fingerprint density at radius 2 is 1.89 bits per heavy atom. The van der Waals surface area contributed by atoms with Gasteiger partial charge in [-0.15, -0.1) is 24.0 Å². The number of likely N-dealkylation sites (tertiary alicyclic amines) is 1. The number of benzene rings is 1. The second kappa shape index (κ2) is 12.0. The van der Waals surface area contributed by atoms with Crippen molar-refractivity contribution in [3.63, 3.8) is 0 Å². The molecule has 1 aromatic carbocycles. The maximum Gasteiger partial charge on any atom is 0.243 e. The maximum absolute atomic E-state index is 11.9. The first-order chi connectivity index (χ1) is 12.5. The average Bonchev–Trinajstić information content (AvgIpc) is 2.63. The van der Waals surface area contributed by atoms with Gasteiger partial charge in [0.2, 0.25) is 5.91 Å². The van der Waals surface area contributed by atoms with E-state index in [1.807, 2.05) is 30.3 Å². The number of hydrogen-bond donors (Lipinski definition) is 1. The monoisotopic (exact) mass is 488 g/mol. The van der Waals surface area contributed by atoms with E-state index in [9.17, 15) is 4.79 Å². The van der Waals surface area contributed by atoms with Crippen LogP contribution in [0.2, 0.25) is 0 Å². The van der Waals surface area contributed by atoms with E-state index in [1.54, 1.807) is 19.0 Å². The van der Waals surface area contributed by atoms with Crippen LogP contribution in [0, 0.1) is 5.92 Å². The number of rotatable bonds is 6. The minimum absolute atomic E-state index is 0. The summed E-state index contributed by atoms with van der Waals surface area (Å²) in [5, 5.41) is 3.41. The predicted molar refractivity (Wildman–Crippen MR) is 121 cm³/mol. The molecule has 2 rings (SSSR count). The van der Waals surface area contributed by atoms with E-state index in [4.69, 9.17) is 4.74 Å². The van der Waals surface area contributed by atoms with E-state index >= 15 is 0 Å². The summed E-state index contributed by atoms with van der Waals surface area (Å²) in [7, 11) is 3.51. The molecule has 1 fully saturated rings. The van der Waals surface area contributed by atoms with Crippen molar-refractivity contribution in [1.29, 1.82) is 0 Å². The molecule has 0 aromatic heterocycles. The molecule has 6 nitrogen and oxygen atoms in total. The summed E-state index contributed by atoms with van der Waals surface area (Å²) in [5.41, 5.74) is 0. The van der Waals surface area contributed by atoms with Crippen molar-refractivity contribution in [2.75, 3.05) is 40.3 Å². The summed E-state index contributed by atoms with van der Waals surface area (Å²) in [6, 6.07) is 9.97. The van der Waals surface area contributed by atoms with E-state index < -0.39 is 0 Å². The van der Waals surface area contributed by atoms with Gasteiger partial charge in [-0.05, 0) is 18.1 Å². The van der Waals surface area contributed by atoms with E-state index in [0.29, 0.717) is 5.92 Å². The molecular weight excluding hydrogens is 455 g/mol. The second-order valence-electron chi connectivity index (χ2n) is 7.32. The molecule has 1 aliphatic heterocycles. The Morgan fingerprint density at radius 1 is 1.26 bits per heavy atom.